The van der Waals surface area contributed by atoms with Crippen LogP contribution in [0.15, 0.2) is 30.6 Å². The van der Waals surface area contributed by atoms with Crippen LogP contribution in [-0.2, 0) is 0 Å². The maximum atomic E-state index is 12.3. The van der Waals surface area contributed by atoms with E-state index < -0.39 is 0 Å². The van der Waals surface area contributed by atoms with Gasteiger partial charge in [0, 0.05) is 49.9 Å². The summed E-state index contributed by atoms with van der Waals surface area (Å²) < 4.78 is 0. The molecule has 1 amide bonds. The van der Waals surface area contributed by atoms with Crippen molar-refractivity contribution in [2.45, 2.75) is 13.8 Å². The van der Waals surface area contributed by atoms with Crippen molar-refractivity contribution in [3.8, 4) is 0 Å². The van der Waals surface area contributed by atoms with Crippen molar-refractivity contribution >= 4 is 23.1 Å². The number of hydrogen-bond acceptors (Lipinski definition) is 6. The van der Waals surface area contributed by atoms with Gasteiger partial charge in [-0.05, 0) is 37.2 Å². The van der Waals surface area contributed by atoms with Crippen LogP contribution in [0.25, 0.3) is 0 Å². The molecule has 0 spiro atoms. The van der Waals surface area contributed by atoms with Crippen LogP contribution in [0.4, 0.5) is 17.2 Å². The molecule has 1 fully saturated rings. The number of aryl methyl sites for hydroxylation is 1. The highest BCUT2D eigenvalue weighted by atomic mass is 16.1. The van der Waals surface area contributed by atoms with Crippen LogP contribution in [0.5, 0.6) is 0 Å². The quantitative estimate of drug-likeness (QED) is 0.882. The minimum Gasteiger partial charge on any atom is -0.382 e. The zero-order valence-corrected chi connectivity index (χ0v) is 14.7. The van der Waals surface area contributed by atoms with Crippen molar-refractivity contribution in [1.82, 2.24) is 14.9 Å². The molecule has 0 unspecified atom stereocenters. The van der Waals surface area contributed by atoms with Crippen LogP contribution in [0.3, 0.4) is 0 Å². The lowest BCUT2D eigenvalue weighted by molar-refractivity contribution is 0.102. The number of rotatable bonds is 4. The maximum Gasteiger partial charge on any atom is 0.278 e. The van der Waals surface area contributed by atoms with E-state index in [0.717, 1.165) is 44.0 Å². The number of nitrogens with zero attached hydrogens (tertiary/aromatic N) is 4. The van der Waals surface area contributed by atoms with Gasteiger partial charge in [0.1, 0.15) is 0 Å². The monoisotopic (exact) mass is 340 g/mol. The second kappa shape index (κ2) is 7.48. The van der Waals surface area contributed by atoms with Gasteiger partial charge in [0.05, 0.1) is 0 Å². The Morgan fingerprint density at radius 2 is 1.92 bits per heavy atom. The number of nitrogens with one attached hydrogen (secondary N) is 1. The molecule has 7 heteroatoms. The summed E-state index contributed by atoms with van der Waals surface area (Å²) in [5.74, 6) is -0.221. The summed E-state index contributed by atoms with van der Waals surface area (Å²) in [6, 6.07) is 6.09. The molecule has 2 heterocycles. The number of aromatic nitrogens is 2. The Morgan fingerprint density at radius 1 is 1.20 bits per heavy atom. The zero-order valence-electron chi connectivity index (χ0n) is 14.7. The third kappa shape index (κ3) is 3.88. The van der Waals surface area contributed by atoms with E-state index in [-0.39, 0.29) is 17.4 Å². The van der Waals surface area contributed by atoms with E-state index in [1.807, 2.05) is 19.1 Å². The highest BCUT2D eigenvalue weighted by Crippen LogP contribution is 2.24. The molecule has 25 heavy (non-hydrogen) atoms. The van der Waals surface area contributed by atoms with Crippen molar-refractivity contribution in [3.05, 3.63) is 41.9 Å². The third-order valence-corrected chi connectivity index (χ3v) is 4.58. The summed E-state index contributed by atoms with van der Waals surface area (Å²) >= 11 is 0. The van der Waals surface area contributed by atoms with E-state index in [1.165, 1.54) is 18.1 Å². The highest BCUT2D eigenvalue weighted by molar-refractivity contribution is 6.06. The van der Waals surface area contributed by atoms with Crippen molar-refractivity contribution in [2.24, 2.45) is 0 Å². The van der Waals surface area contributed by atoms with Crippen LogP contribution >= 0.6 is 0 Å². The van der Waals surface area contributed by atoms with Gasteiger partial charge in [0.15, 0.2) is 11.5 Å². The summed E-state index contributed by atoms with van der Waals surface area (Å²) in [6.07, 6.45) is 2.92. The SMILES string of the molecule is CCN1CCN(c2ccc(NC(=O)c3nccnc3N)c(C)c2)CC1. The van der Waals surface area contributed by atoms with Gasteiger partial charge in [-0.2, -0.15) is 0 Å². The fraction of sp³-hybridized carbons (Fsp3) is 0.389. The minimum atomic E-state index is -0.349. The first-order valence-corrected chi connectivity index (χ1v) is 8.54. The number of nitrogen functional groups attached to an aromatic ring is 1. The van der Waals surface area contributed by atoms with E-state index in [2.05, 4.69) is 38.1 Å². The Morgan fingerprint density at radius 3 is 2.56 bits per heavy atom. The summed E-state index contributed by atoms with van der Waals surface area (Å²) in [4.78, 5) is 25.1. The molecule has 1 saturated heterocycles. The van der Waals surface area contributed by atoms with Gasteiger partial charge in [0.25, 0.3) is 5.91 Å². The standard InChI is InChI=1S/C18H24N6O/c1-3-23-8-10-24(11-9-23)14-4-5-15(13(2)12-14)22-18(25)16-17(19)21-7-6-20-16/h4-7,12H,3,8-11H2,1-2H3,(H2,19,21)(H,22,25). The van der Waals surface area contributed by atoms with E-state index in [0.29, 0.717) is 0 Å². The van der Waals surface area contributed by atoms with Gasteiger partial charge in [-0.1, -0.05) is 6.92 Å². The predicted molar refractivity (Wildman–Crippen MR) is 99.9 cm³/mol. The fourth-order valence-electron chi connectivity index (χ4n) is 3.01. The van der Waals surface area contributed by atoms with Gasteiger partial charge in [-0.3, -0.25) is 4.79 Å². The molecule has 1 aromatic carbocycles. The van der Waals surface area contributed by atoms with E-state index in [4.69, 9.17) is 5.73 Å². The topological polar surface area (TPSA) is 87.4 Å². The molecule has 2 aromatic rings. The second-order valence-corrected chi connectivity index (χ2v) is 6.16. The van der Waals surface area contributed by atoms with E-state index in [1.54, 1.807) is 0 Å². The first-order chi connectivity index (χ1) is 12.1. The number of piperazine rings is 1. The lowest BCUT2D eigenvalue weighted by Gasteiger charge is -2.35. The van der Waals surface area contributed by atoms with Gasteiger partial charge in [0.2, 0.25) is 0 Å². The summed E-state index contributed by atoms with van der Waals surface area (Å²) in [5, 5.41) is 2.87. The number of carbonyl (C=O) groups excluding carboxylic acids is 1. The van der Waals surface area contributed by atoms with Crippen molar-refractivity contribution in [2.75, 3.05) is 48.7 Å². The average molecular weight is 340 g/mol. The largest absolute Gasteiger partial charge is 0.382 e. The fourth-order valence-corrected chi connectivity index (χ4v) is 3.01. The normalized spacial score (nSPS) is 15.2. The Bertz CT molecular complexity index is 755. The Kier molecular flexibility index (Phi) is 5.14. The first kappa shape index (κ1) is 17.2. The van der Waals surface area contributed by atoms with Crippen molar-refractivity contribution < 1.29 is 4.79 Å². The third-order valence-electron chi connectivity index (χ3n) is 4.58. The molecule has 1 aliphatic rings. The van der Waals surface area contributed by atoms with E-state index >= 15 is 0 Å². The Hall–Kier alpha value is -2.67. The molecular formula is C18H24N6O. The minimum absolute atomic E-state index is 0.128. The van der Waals surface area contributed by atoms with Crippen LogP contribution in [0, 0.1) is 6.92 Å². The lowest BCUT2D eigenvalue weighted by atomic mass is 10.1. The molecule has 132 valence electrons. The Labute approximate surface area is 147 Å². The van der Waals surface area contributed by atoms with Gasteiger partial charge >= 0.3 is 0 Å². The number of amides is 1. The molecule has 0 aliphatic carbocycles. The molecule has 0 atom stereocenters. The summed E-state index contributed by atoms with van der Waals surface area (Å²) in [5.41, 5.74) is 8.80. The molecule has 1 aromatic heterocycles. The van der Waals surface area contributed by atoms with Crippen molar-refractivity contribution in [1.29, 1.82) is 0 Å². The number of benzene rings is 1. The highest BCUT2D eigenvalue weighted by Gasteiger charge is 2.17. The van der Waals surface area contributed by atoms with Crippen LogP contribution in [0.2, 0.25) is 0 Å². The Balaban J connectivity index is 1.70. The molecule has 0 radical (unpaired) electrons. The molecule has 0 bridgehead atoms. The summed E-state index contributed by atoms with van der Waals surface area (Å²) in [7, 11) is 0. The van der Waals surface area contributed by atoms with Gasteiger partial charge < -0.3 is 20.9 Å². The first-order valence-electron chi connectivity index (χ1n) is 8.54. The van der Waals surface area contributed by atoms with Crippen LogP contribution < -0.4 is 16.0 Å². The van der Waals surface area contributed by atoms with Gasteiger partial charge in [-0.25, -0.2) is 9.97 Å². The van der Waals surface area contributed by atoms with Gasteiger partial charge in [-0.15, -0.1) is 0 Å². The molecule has 3 N–H and O–H groups in total. The smallest absolute Gasteiger partial charge is 0.278 e. The lowest BCUT2D eigenvalue weighted by Crippen LogP contribution is -2.46. The molecule has 3 rings (SSSR count). The predicted octanol–water partition coefficient (Wildman–Crippen LogP) is 1.76. The molecule has 0 saturated carbocycles. The number of likely N-dealkylation sites (N-methyl/N-ethyl adjacent to an activating group) is 1. The maximum absolute atomic E-state index is 12.3. The van der Waals surface area contributed by atoms with Crippen molar-refractivity contribution in [3.63, 3.8) is 0 Å². The number of carbonyl (C=O) groups is 1. The zero-order chi connectivity index (χ0) is 17.8. The number of hydrogen-bond donors (Lipinski definition) is 2. The molecule has 1 aliphatic heterocycles. The second-order valence-electron chi connectivity index (χ2n) is 6.16. The number of nitrogens with two attached hydrogens (primary N) is 1. The summed E-state index contributed by atoms with van der Waals surface area (Å²) in [6.45, 7) is 9.50. The number of anilines is 3. The van der Waals surface area contributed by atoms with E-state index in [9.17, 15) is 4.79 Å². The van der Waals surface area contributed by atoms with Crippen LogP contribution in [0.1, 0.15) is 23.0 Å². The molecular weight excluding hydrogens is 316 g/mol. The average Bonchev–Trinajstić information content (AvgIpc) is 2.63. The van der Waals surface area contributed by atoms with Crippen LogP contribution in [-0.4, -0.2) is 53.5 Å². The molecule has 7 nitrogen and oxygen atoms in total.